The molecule has 1 heterocycles. The third kappa shape index (κ3) is 3.80. The molecule has 1 aromatic heterocycles. The van der Waals surface area contributed by atoms with Gasteiger partial charge in [0.15, 0.2) is 5.58 Å². The molecule has 4 nitrogen and oxygen atoms in total. The van der Waals surface area contributed by atoms with Gasteiger partial charge >= 0.3 is 0 Å². The van der Waals surface area contributed by atoms with E-state index in [2.05, 4.69) is 10.3 Å². The second-order valence-electron chi connectivity index (χ2n) is 6.59. The molecule has 5 heteroatoms. The summed E-state index contributed by atoms with van der Waals surface area (Å²) in [5, 5.41) is 3.64. The number of rotatable bonds is 5. The molecule has 0 aliphatic heterocycles. The van der Waals surface area contributed by atoms with E-state index in [1.807, 2.05) is 80.6 Å². The summed E-state index contributed by atoms with van der Waals surface area (Å²) < 4.78 is 5.77. The van der Waals surface area contributed by atoms with Gasteiger partial charge in [-0.1, -0.05) is 54.2 Å². The monoisotopic (exact) mass is 388 g/mol. The number of carbonyl (C=O) groups excluding carboxylic acids is 1. The highest BCUT2D eigenvalue weighted by atomic mass is 32.2. The van der Waals surface area contributed by atoms with Gasteiger partial charge in [0.1, 0.15) is 5.52 Å². The fraction of sp³-hybridized carbons (Fsp3) is 0.130. The van der Waals surface area contributed by atoms with Gasteiger partial charge in [0.25, 0.3) is 11.1 Å². The van der Waals surface area contributed by atoms with Gasteiger partial charge in [0.2, 0.25) is 0 Å². The topological polar surface area (TPSA) is 55.1 Å². The number of thioether (sulfide) groups is 1. The number of nitrogens with zero attached hydrogens (tertiary/aromatic N) is 1. The second-order valence-corrected chi connectivity index (χ2v) is 7.52. The lowest BCUT2D eigenvalue weighted by Crippen LogP contribution is -2.15. The second kappa shape index (κ2) is 7.90. The van der Waals surface area contributed by atoms with Crippen LogP contribution in [0.4, 0.5) is 5.69 Å². The molecule has 0 saturated heterocycles. The standard InChI is InChI=1S/C23H20N2O2S/c1-15-8-7-12-19(16(15)2)24-22(26)18-10-4-3-9-17(18)14-28-23-25-20-11-5-6-13-21(20)27-23/h3-13H,14H2,1-2H3,(H,24,26). The zero-order chi connectivity index (χ0) is 19.5. The van der Waals surface area contributed by atoms with Crippen molar-refractivity contribution >= 4 is 34.5 Å². The van der Waals surface area contributed by atoms with Crippen LogP contribution < -0.4 is 5.32 Å². The number of benzene rings is 3. The van der Waals surface area contributed by atoms with Gasteiger partial charge in [-0.3, -0.25) is 4.79 Å². The van der Waals surface area contributed by atoms with Gasteiger partial charge in [-0.15, -0.1) is 0 Å². The number of hydrogen-bond acceptors (Lipinski definition) is 4. The molecule has 3 aromatic carbocycles. The van der Waals surface area contributed by atoms with Crippen LogP contribution in [0.3, 0.4) is 0 Å². The summed E-state index contributed by atoms with van der Waals surface area (Å²) in [6.45, 7) is 4.05. The first-order valence-corrected chi connectivity index (χ1v) is 10.0. The Morgan fingerprint density at radius 2 is 1.79 bits per heavy atom. The van der Waals surface area contributed by atoms with Crippen LogP contribution >= 0.6 is 11.8 Å². The quantitative estimate of drug-likeness (QED) is 0.427. The van der Waals surface area contributed by atoms with Gasteiger partial charge in [0.05, 0.1) is 0 Å². The molecule has 0 aliphatic rings. The molecular weight excluding hydrogens is 368 g/mol. The molecule has 0 radical (unpaired) electrons. The highest BCUT2D eigenvalue weighted by molar-refractivity contribution is 7.98. The minimum atomic E-state index is -0.109. The number of oxazole rings is 1. The van der Waals surface area contributed by atoms with Crippen LogP contribution in [0.5, 0.6) is 0 Å². The first-order chi connectivity index (χ1) is 13.6. The Balaban J connectivity index is 1.53. The van der Waals surface area contributed by atoms with Gasteiger partial charge in [0, 0.05) is 17.0 Å². The van der Waals surface area contributed by atoms with Gasteiger partial charge in [-0.2, -0.15) is 0 Å². The number of para-hydroxylation sites is 2. The summed E-state index contributed by atoms with van der Waals surface area (Å²) in [6.07, 6.45) is 0. The number of aromatic nitrogens is 1. The summed E-state index contributed by atoms with van der Waals surface area (Å²) in [7, 11) is 0. The van der Waals surface area contributed by atoms with Crippen molar-refractivity contribution in [3.63, 3.8) is 0 Å². The molecule has 0 saturated carbocycles. The number of fused-ring (bicyclic) bond motifs is 1. The maximum Gasteiger partial charge on any atom is 0.257 e. The molecule has 1 amide bonds. The molecule has 0 aliphatic carbocycles. The Bertz CT molecular complexity index is 1120. The molecular formula is C23H20N2O2S. The van der Waals surface area contributed by atoms with Crippen molar-refractivity contribution in [2.45, 2.75) is 24.8 Å². The average molecular weight is 388 g/mol. The summed E-state index contributed by atoms with van der Waals surface area (Å²) in [6, 6.07) is 21.2. The first kappa shape index (κ1) is 18.3. The van der Waals surface area contributed by atoms with E-state index < -0.39 is 0 Å². The molecule has 28 heavy (non-hydrogen) atoms. The third-order valence-corrected chi connectivity index (χ3v) is 5.62. The minimum Gasteiger partial charge on any atom is -0.431 e. The lowest BCUT2D eigenvalue weighted by molar-refractivity contribution is 0.102. The number of nitrogens with one attached hydrogen (secondary N) is 1. The molecule has 0 spiro atoms. The van der Waals surface area contributed by atoms with E-state index in [0.29, 0.717) is 16.5 Å². The lowest BCUT2D eigenvalue weighted by atomic mass is 10.1. The van der Waals surface area contributed by atoms with E-state index >= 15 is 0 Å². The van der Waals surface area contributed by atoms with Crippen molar-refractivity contribution in [2.75, 3.05) is 5.32 Å². The van der Waals surface area contributed by atoms with Crippen molar-refractivity contribution in [3.05, 3.63) is 89.0 Å². The number of carbonyl (C=O) groups is 1. The van der Waals surface area contributed by atoms with Crippen LogP contribution in [0.2, 0.25) is 0 Å². The van der Waals surface area contributed by atoms with Crippen molar-refractivity contribution in [1.82, 2.24) is 4.98 Å². The van der Waals surface area contributed by atoms with Crippen LogP contribution in [-0.2, 0) is 5.75 Å². The van der Waals surface area contributed by atoms with Crippen LogP contribution in [0.1, 0.15) is 27.0 Å². The van der Waals surface area contributed by atoms with E-state index in [1.165, 1.54) is 11.8 Å². The summed E-state index contributed by atoms with van der Waals surface area (Å²) in [4.78, 5) is 17.4. The Kier molecular flexibility index (Phi) is 5.17. The zero-order valence-corrected chi connectivity index (χ0v) is 16.5. The molecule has 4 rings (SSSR count). The van der Waals surface area contributed by atoms with E-state index in [0.717, 1.165) is 33.5 Å². The van der Waals surface area contributed by atoms with Gasteiger partial charge in [-0.05, 0) is 54.8 Å². The highest BCUT2D eigenvalue weighted by Crippen LogP contribution is 2.28. The van der Waals surface area contributed by atoms with Crippen molar-refractivity contribution in [3.8, 4) is 0 Å². The maximum absolute atomic E-state index is 12.9. The number of amides is 1. The van der Waals surface area contributed by atoms with E-state index in [4.69, 9.17) is 4.42 Å². The minimum absolute atomic E-state index is 0.109. The highest BCUT2D eigenvalue weighted by Gasteiger charge is 2.14. The molecule has 0 bridgehead atoms. The maximum atomic E-state index is 12.9. The van der Waals surface area contributed by atoms with E-state index in [9.17, 15) is 4.79 Å². The van der Waals surface area contributed by atoms with Gasteiger partial charge in [-0.25, -0.2) is 4.98 Å². The summed E-state index contributed by atoms with van der Waals surface area (Å²) in [5.74, 6) is 0.492. The first-order valence-electron chi connectivity index (χ1n) is 9.05. The van der Waals surface area contributed by atoms with Crippen LogP contribution in [0, 0.1) is 13.8 Å². The molecule has 0 fully saturated rings. The molecule has 4 aromatic rings. The molecule has 140 valence electrons. The normalized spacial score (nSPS) is 10.9. The molecule has 0 atom stereocenters. The molecule has 0 unspecified atom stereocenters. The van der Waals surface area contributed by atoms with Crippen molar-refractivity contribution in [2.24, 2.45) is 0 Å². The molecule has 1 N–H and O–H groups in total. The average Bonchev–Trinajstić information content (AvgIpc) is 3.13. The smallest absolute Gasteiger partial charge is 0.257 e. The fourth-order valence-corrected chi connectivity index (χ4v) is 3.84. The van der Waals surface area contributed by atoms with E-state index in [-0.39, 0.29) is 5.91 Å². The van der Waals surface area contributed by atoms with Crippen molar-refractivity contribution < 1.29 is 9.21 Å². The zero-order valence-electron chi connectivity index (χ0n) is 15.7. The Morgan fingerprint density at radius 1 is 1.00 bits per heavy atom. The Labute approximate surface area is 168 Å². The lowest BCUT2D eigenvalue weighted by Gasteiger charge is -2.12. The van der Waals surface area contributed by atoms with Crippen LogP contribution in [0.25, 0.3) is 11.1 Å². The summed E-state index contributed by atoms with van der Waals surface area (Å²) in [5.41, 5.74) is 6.28. The van der Waals surface area contributed by atoms with Crippen molar-refractivity contribution in [1.29, 1.82) is 0 Å². The summed E-state index contributed by atoms with van der Waals surface area (Å²) >= 11 is 1.48. The van der Waals surface area contributed by atoms with E-state index in [1.54, 1.807) is 0 Å². The number of hydrogen-bond donors (Lipinski definition) is 1. The largest absolute Gasteiger partial charge is 0.431 e. The predicted octanol–water partition coefficient (Wildman–Crippen LogP) is 5.99. The fourth-order valence-electron chi connectivity index (χ4n) is 3.00. The third-order valence-electron chi connectivity index (χ3n) is 4.74. The van der Waals surface area contributed by atoms with Crippen LogP contribution in [-0.4, -0.2) is 10.9 Å². The Morgan fingerprint density at radius 3 is 2.64 bits per heavy atom. The van der Waals surface area contributed by atoms with Crippen LogP contribution in [0.15, 0.2) is 76.4 Å². The predicted molar refractivity (Wildman–Crippen MR) is 114 cm³/mol. The SMILES string of the molecule is Cc1cccc(NC(=O)c2ccccc2CSc2nc3ccccc3o2)c1C. The Hall–Kier alpha value is -3.05. The number of anilines is 1. The number of aryl methyl sites for hydroxylation is 1. The van der Waals surface area contributed by atoms with Gasteiger partial charge < -0.3 is 9.73 Å².